The molecule has 3 N–H and O–H groups in total. The SMILES string of the molecule is CCCC(N)CNc1ncnc(OCC)c1C. The third-order valence-corrected chi connectivity index (χ3v) is 2.51. The van der Waals surface area contributed by atoms with E-state index >= 15 is 0 Å². The van der Waals surface area contributed by atoms with Crippen LogP contribution in [0.25, 0.3) is 0 Å². The first-order chi connectivity index (χ1) is 8.19. The van der Waals surface area contributed by atoms with Gasteiger partial charge in [-0.2, -0.15) is 0 Å². The van der Waals surface area contributed by atoms with E-state index < -0.39 is 0 Å². The molecule has 1 aromatic heterocycles. The maximum absolute atomic E-state index is 5.94. The third kappa shape index (κ3) is 4.19. The summed E-state index contributed by atoms with van der Waals surface area (Å²) in [5, 5.41) is 3.24. The number of aromatic nitrogens is 2. The Morgan fingerprint density at radius 3 is 2.82 bits per heavy atom. The fraction of sp³-hybridized carbons (Fsp3) is 0.667. The highest BCUT2D eigenvalue weighted by Crippen LogP contribution is 2.20. The molecule has 0 aliphatic carbocycles. The van der Waals surface area contributed by atoms with Crippen molar-refractivity contribution in [3.8, 4) is 5.88 Å². The lowest BCUT2D eigenvalue weighted by Gasteiger charge is -2.14. The second-order valence-electron chi connectivity index (χ2n) is 4.02. The Balaban J connectivity index is 2.61. The number of nitrogens with zero attached hydrogens (tertiary/aromatic N) is 2. The van der Waals surface area contributed by atoms with Crippen molar-refractivity contribution in [1.29, 1.82) is 0 Å². The Hall–Kier alpha value is -1.36. The Kier molecular flexibility index (Phi) is 5.69. The molecule has 0 amide bonds. The van der Waals surface area contributed by atoms with Crippen LogP contribution in [0, 0.1) is 6.92 Å². The molecule has 1 rings (SSSR count). The van der Waals surface area contributed by atoms with E-state index in [4.69, 9.17) is 10.5 Å². The average molecular weight is 238 g/mol. The Labute approximate surface area is 103 Å². The van der Waals surface area contributed by atoms with Crippen LogP contribution in [0.15, 0.2) is 6.33 Å². The Bertz CT molecular complexity index is 343. The summed E-state index contributed by atoms with van der Waals surface area (Å²) >= 11 is 0. The number of hydrogen-bond donors (Lipinski definition) is 2. The van der Waals surface area contributed by atoms with Gasteiger partial charge in [0.2, 0.25) is 5.88 Å². The van der Waals surface area contributed by atoms with Crippen LogP contribution in [0.5, 0.6) is 5.88 Å². The van der Waals surface area contributed by atoms with Crippen molar-refractivity contribution >= 4 is 5.82 Å². The lowest BCUT2D eigenvalue weighted by Crippen LogP contribution is -2.29. The molecule has 1 aromatic rings. The van der Waals surface area contributed by atoms with Crippen molar-refractivity contribution in [2.75, 3.05) is 18.5 Å². The van der Waals surface area contributed by atoms with Gasteiger partial charge in [0.25, 0.3) is 0 Å². The molecule has 0 fully saturated rings. The fourth-order valence-corrected chi connectivity index (χ4v) is 1.60. The summed E-state index contributed by atoms with van der Waals surface area (Å²) in [6.07, 6.45) is 3.61. The van der Waals surface area contributed by atoms with Crippen LogP contribution in [0.2, 0.25) is 0 Å². The summed E-state index contributed by atoms with van der Waals surface area (Å²) in [7, 11) is 0. The monoisotopic (exact) mass is 238 g/mol. The summed E-state index contributed by atoms with van der Waals surface area (Å²) in [5.74, 6) is 1.43. The average Bonchev–Trinajstić information content (AvgIpc) is 2.31. The summed E-state index contributed by atoms with van der Waals surface area (Å²) < 4.78 is 5.41. The van der Waals surface area contributed by atoms with E-state index in [1.165, 1.54) is 6.33 Å². The van der Waals surface area contributed by atoms with Gasteiger partial charge in [0.1, 0.15) is 12.1 Å². The fourth-order valence-electron chi connectivity index (χ4n) is 1.60. The van der Waals surface area contributed by atoms with Crippen molar-refractivity contribution < 1.29 is 4.74 Å². The van der Waals surface area contributed by atoms with Gasteiger partial charge in [-0.1, -0.05) is 13.3 Å². The van der Waals surface area contributed by atoms with Crippen molar-refractivity contribution in [2.45, 2.75) is 39.7 Å². The molecule has 5 heteroatoms. The van der Waals surface area contributed by atoms with Crippen LogP contribution in [-0.4, -0.2) is 29.2 Å². The molecule has 0 radical (unpaired) electrons. The van der Waals surface area contributed by atoms with Crippen LogP contribution in [-0.2, 0) is 0 Å². The lowest BCUT2D eigenvalue weighted by molar-refractivity contribution is 0.324. The van der Waals surface area contributed by atoms with Crippen molar-refractivity contribution in [2.24, 2.45) is 5.73 Å². The molecule has 0 spiro atoms. The Morgan fingerprint density at radius 1 is 1.41 bits per heavy atom. The van der Waals surface area contributed by atoms with Crippen LogP contribution in [0.3, 0.4) is 0 Å². The van der Waals surface area contributed by atoms with Gasteiger partial charge in [-0.3, -0.25) is 0 Å². The maximum atomic E-state index is 5.94. The number of nitrogens with two attached hydrogens (primary N) is 1. The van der Waals surface area contributed by atoms with E-state index in [9.17, 15) is 0 Å². The van der Waals surface area contributed by atoms with E-state index in [2.05, 4.69) is 22.2 Å². The molecule has 17 heavy (non-hydrogen) atoms. The molecular weight excluding hydrogens is 216 g/mol. The van der Waals surface area contributed by atoms with E-state index in [0.29, 0.717) is 12.5 Å². The largest absolute Gasteiger partial charge is 0.478 e. The van der Waals surface area contributed by atoms with Gasteiger partial charge < -0.3 is 15.8 Å². The molecule has 0 bridgehead atoms. The first kappa shape index (κ1) is 13.7. The molecule has 1 atom stereocenters. The maximum Gasteiger partial charge on any atom is 0.221 e. The van der Waals surface area contributed by atoms with Gasteiger partial charge in [0.15, 0.2) is 0 Å². The van der Waals surface area contributed by atoms with Crippen molar-refractivity contribution in [3.05, 3.63) is 11.9 Å². The van der Waals surface area contributed by atoms with Crippen LogP contribution >= 0.6 is 0 Å². The van der Waals surface area contributed by atoms with Crippen LogP contribution in [0.4, 0.5) is 5.82 Å². The minimum Gasteiger partial charge on any atom is -0.478 e. The summed E-state index contributed by atoms with van der Waals surface area (Å²) in [6.45, 7) is 7.33. The van der Waals surface area contributed by atoms with E-state index in [1.807, 2.05) is 13.8 Å². The first-order valence-electron chi connectivity index (χ1n) is 6.12. The highest BCUT2D eigenvalue weighted by atomic mass is 16.5. The van der Waals surface area contributed by atoms with Gasteiger partial charge in [0.05, 0.1) is 12.2 Å². The quantitative estimate of drug-likeness (QED) is 0.756. The van der Waals surface area contributed by atoms with Crippen LogP contribution < -0.4 is 15.8 Å². The summed E-state index contributed by atoms with van der Waals surface area (Å²) in [4.78, 5) is 8.28. The predicted molar refractivity (Wildman–Crippen MR) is 69.3 cm³/mol. The Morgan fingerprint density at radius 2 is 2.18 bits per heavy atom. The minimum atomic E-state index is 0.157. The zero-order chi connectivity index (χ0) is 12.7. The van der Waals surface area contributed by atoms with Gasteiger partial charge in [-0.25, -0.2) is 9.97 Å². The van der Waals surface area contributed by atoms with Gasteiger partial charge in [0, 0.05) is 12.6 Å². The second kappa shape index (κ2) is 7.06. The molecule has 5 nitrogen and oxygen atoms in total. The number of ether oxygens (including phenoxy) is 1. The standard InChI is InChI=1S/C12H22N4O/c1-4-6-10(13)7-14-11-9(3)12(17-5-2)16-8-15-11/h8,10H,4-7,13H2,1-3H3,(H,14,15,16). The molecule has 1 unspecified atom stereocenters. The molecule has 0 aromatic carbocycles. The highest BCUT2D eigenvalue weighted by Gasteiger charge is 2.08. The molecule has 96 valence electrons. The van der Waals surface area contributed by atoms with Crippen molar-refractivity contribution in [3.63, 3.8) is 0 Å². The molecule has 1 heterocycles. The van der Waals surface area contributed by atoms with E-state index in [0.717, 1.165) is 30.8 Å². The zero-order valence-corrected chi connectivity index (χ0v) is 10.9. The number of hydrogen-bond acceptors (Lipinski definition) is 5. The molecular formula is C12H22N4O. The van der Waals surface area contributed by atoms with Gasteiger partial charge >= 0.3 is 0 Å². The predicted octanol–water partition coefficient (Wildman–Crippen LogP) is 1.72. The van der Waals surface area contributed by atoms with Crippen molar-refractivity contribution in [1.82, 2.24) is 9.97 Å². The van der Waals surface area contributed by atoms with Gasteiger partial charge in [-0.05, 0) is 20.3 Å². The smallest absolute Gasteiger partial charge is 0.221 e. The van der Waals surface area contributed by atoms with Gasteiger partial charge in [-0.15, -0.1) is 0 Å². The zero-order valence-electron chi connectivity index (χ0n) is 10.9. The number of anilines is 1. The van der Waals surface area contributed by atoms with E-state index in [-0.39, 0.29) is 6.04 Å². The summed E-state index contributed by atoms with van der Waals surface area (Å²) in [5.41, 5.74) is 6.87. The molecule has 0 aliphatic heterocycles. The second-order valence-corrected chi connectivity index (χ2v) is 4.02. The number of rotatable bonds is 7. The summed E-state index contributed by atoms with van der Waals surface area (Å²) in [6, 6.07) is 0.157. The minimum absolute atomic E-state index is 0.157. The molecule has 0 saturated carbocycles. The molecule has 0 saturated heterocycles. The third-order valence-electron chi connectivity index (χ3n) is 2.51. The first-order valence-corrected chi connectivity index (χ1v) is 6.12. The lowest BCUT2D eigenvalue weighted by atomic mass is 10.2. The van der Waals surface area contributed by atoms with Crippen LogP contribution in [0.1, 0.15) is 32.3 Å². The molecule has 0 aliphatic rings. The highest BCUT2D eigenvalue weighted by molar-refractivity contribution is 5.47. The number of nitrogens with one attached hydrogen (secondary N) is 1. The topological polar surface area (TPSA) is 73.1 Å². The van der Waals surface area contributed by atoms with E-state index in [1.54, 1.807) is 0 Å². The normalized spacial score (nSPS) is 12.2.